The average molecular weight is 305 g/mol. The number of nitrogens with zero attached hydrogens (tertiary/aromatic N) is 1. The third-order valence-corrected chi connectivity index (χ3v) is 6.31. The molecule has 0 fully saturated rings. The Morgan fingerprint density at radius 2 is 2.16 bits per heavy atom. The van der Waals surface area contributed by atoms with Crippen LogP contribution in [0, 0.1) is 0 Å². The van der Waals surface area contributed by atoms with E-state index in [9.17, 15) is 8.42 Å². The molecule has 1 aromatic rings. The lowest BCUT2D eigenvalue weighted by Crippen LogP contribution is -2.54. The summed E-state index contributed by atoms with van der Waals surface area (Å²) in [5.74, 6) is -0.161. The lowest BCUT2D eigenvalue weighted by atomic mass is 10.00. The Morgan fingerprint density at radius 1 is 1.53 bits per heavy atom. The molecule has 1 rings (SSSR count). The Balaban J connectivity index is 3.08. The highest BCUT2D eigenvalue weighted by Crippen LogP contribution is 2.24. The Morgan fingerprint density at radius 3 is 2.58 bits per heavy atom. The summed E-state index contributed by atoms with van der Waals surface area (Å²) >= 11 is 1.22. The molecule has 1 unspecified atom stereocenters. The molecule has 0 aliphatic rings. The lowest BCUT2D eigenvalue weighted by Gasteiger charge is -2.27. The molecule has 0 saturated heterocycles. The monoisotopic (exact) mass is 305 g/mol. The molecular weight excluding hydrogens is 286 g/mol. The van der Waals surface area contributed by atoms with Crippen molar-refractivity contribution in [3.8, 4) is 0 Å². The van der Waals surface area contributed by atoms with Gasteiger partial charge in [0.1, 0.15) is 4.21 Å². The molecule has 1 aromatic heterocycles. The normalized spacial score (nSPS) is 16.3. The van der Waals surface area contributed by atoms with Crippen LogP contribution >= 0.6 is 11.3 Å². The van der Waals surface area contributed by atoms with Crippen LogP contribution in [0.15, 0.2) is 21.5 Å². The van der Waals surface area contributed by atoms with Gasteiger partial charge in [0.15, 0.2) is 5.84 Å². The molecule has 0 radical (unpaired) electrons. The van der Waals surface area contributed by atoms with E-state index in [-0.39, 0.29) is 10.0 Å². The van der Waals surface area contributed by atoms with Gasteiger partial charge in [0, 0.05) is 4.88 Å². The highest BCUT2D eigenvalue weighted by molar-refractivity contribution is 7.91. The highest BCUT2D eigenvalue weighted by Gasteiger charge is 2.34. The zero-order valence-corrected chi connectivity index (χ0v) is 12.8. The number of hydrogen-bond acceptors (Lipinski definition) is 5. The molecule has 1 heterocycles. The quantitative estimate of drug-likeness (QED) is 0.320. The van der Waals surface area contributed by atoms with Crippen LogP contribution in [0.1, 0.15) is 32.1 Å². The molecule has 108 valence electrons. The highest BCUT2D eigenvalue weighted by atomic mass is 32.2. The van der Waals surface area contributed by atoms with Crippen LogP contribution in [-0.2, 0) is 16.4 Å². The standard InChI is InChI=1S/C11H19N3O3S2/c1-4-8-6-7-9(18-8)19(16,17)14-11(3,5-2)10(12)13-15/h6-7,14-15H,4-5H2,1-3H3,(H2,12,13). The van der Waals surface area contributed by atoms with Gasteiger partial charge in [0.05, 0.1) is 5.54 Å². The minimum absolute atomic E-state index is 0.161. The largest absolute Gasteiger partial charge is 0.409 e. The summed E-state index contributed by atoms with van der Waals surface area (Å²) in [6.07, 6.45) is 1.15. The van der Waals surface area contributed by atoms with E-state index in [1.807, 2.05) is 6.92 Å². The van der Waals surface area contributed by atoms with E-state index in [0.29, 0.717) is 6.42 Å². The molecule has 1 atom stereocenters. The second-order valence-corrected chi connectivity index (χ2v) is 7.43. The van der Waals surface area contributed by atoms with Crippen molar-refractivity contribution in [2.45, 2.75) is 43.4 Å². The van der Waals surface area contributed by atoms with Crippen LogP contribution in [0.25, 0.3) is 0 Å². The maximum Gasteiger partial charge on any atom is 0.250 e. The first-order chi connectivity index (χ1) is 8.79. The summed E-state index contributed by atoms with van der Waals surface area (Å²) in [5.41, 5.74) is 4.45. The molecule has 19 heavy (non-hydrogen) atoms. The number of amidine groups is 1. The second kappa shape index (κ2) is 5.89. The number of aryl methyl sites for hydroxylation is 1. The van der Waals surface area contributed by atoms with Gasteiger partial charge >= 0.3 is 0 Å². The first-order valence-electron chi connectivity index (χ1n) is 5.89. The van der Waals surface area contributed by atoms with Gasteiger partial charge in [0.2, 0.25) is 0 Å². The summed E-state index contributed by atoms with van der Waals surface area (Å²) in [4.78, 5) is 0.988. The minimum atomic E-state index is -3.68. The topological polar surface area (TPSA) is 105 Å². The summed E-state index contributed by atoms with van der Waals surface area (Å²) < 4.78 is 27.2. The van der Waals surface area contributed by atoms with E-state index >= 15 is 0 Å². The van der Waals surface area contributed by atoms with Gasteiger partial charge < -0.3 is 10.9 Å². The molecule has 0 aliphatic carbocycles. The lowest BCUT2D eigenvalue weighted by molar-refractivity contribution is 0.310. The number of nitrogens with one attached hydrogen (secondary N) is 1. The van der Waals surface area contributed by atoms with Gasteiger partial charge in [0.25, 0.3) is 10.0 Å². The Bertz CT molecular complexity index is 565. The molecule has 0 saturated carbocycles. The van der Waals surface area contributed by atoms with E-state index in [1.54, 1.807) is 26.0 Å². The molecule has 4 N–H and O–H groups in total. The van der Waals surface area contributed by atoms with Crippen molar-refractivity contribution in [2.24, 2.45) is 10.9 Å². The van der Waals surface area contributed by atoms with Gasteiger partial charge in [-0.15, -0.1) is 11.3 Å². The number of thiophene rings is 1. The summed E-state index contributed by atoms with van der Waals surface area (Å²) in [5, 5.41) is 11.6. The number of nitrogens with two attached hydrogens (primary N) is 1. The van der Waals surface area contributed by atoms with E-state index in [2.05, 4.69) is 9.88 Å². The van der Waals surface area contributed by atoms with Gasteiger partial charge in [-0.1, -0.05) is 19.0 Å². The maximum absolute atomic E-state index is 12.3. The Kier molecular flexibility index (Phi) is 4.94. The fourth-order valence-electron chi connectivity index (χ4n) is 1.46. The van der Waals surface area contributed by atoms with Crippen LogP contribution in [0.5, 0.6) is 0 Å². The number of sulfonamides is 1. The van der Waals surface area contributed by atoms with E-state index < -0.39 is 15.6 Å². The smallest absolute Gasteiger partial charge is 0.250 e. The summed E-state index contributed by atoms with van der Waals surface area (Å²) in [6.45, 7) is 5.29. The Labute approximate surface area is 117 Å². The zero-order chi connectivity index (χ0) is 14.7. The predicted octanol–water partition coefficient (Wildman–Crippen LogP) is 1.50. The first kappa shape index (κ1) is 15.9. The van der Waals surface area contributed by atoms with E-state index in [0.717, 1.165) is 11.3 Å². The fraction of sp³-hybridized carbons (Fsp3) is 0.545. The zero-order valence-electron chi connectivity index (χ0n) is 11.2. The van der Waals surface area contributed by atoms with Gasteiger partial charge in [-0.3, -0.25) is 0 Å². The van der Waals surface area contributed by atoms with Crippen LogP contribution < -0.4 is 10.5 Å². The molecular formula is C11H19N3O3S2. The third-order valence-electron chi connectivity index (χ3n) is 2.99. The molecule has 0 spiro atoms. The van der Waals surface area contributed by atoms with Crippen molar-refractivity contribution in [3.63, 3.8) is 0 Å². The number of hydrogen-bond donors (Lipinski definition) is 3. The van der Waals surface area contributed by atoms with Gasteiger partial charge in [-0.2, -0.15) is 4.72 Å². The van der Waals surface area contributed by atoms with Crippen LogP contribution in [0.3, 0.4) is 0 Å². The van der Waals surface area contributed by atoms with Crippen molar-refractivity contribution in [3.05, 3.63) is 17.0 Å². The van der Waals surface area contributed by atoms with Crippen LogP contribution in [-0.4, -0.2) is 25.0 Å². The van der Waals surface area contributed by atoms with Gasteiger partial charge in [-0.05, 0) is 31.9 Å². The number of rotatable bonds is 6. The second-order valence-electron chi connectivity index (χ2n) is 4.35. The van der Waals surface area contributed by atoms with Crippen LogP contribution in [0.4, 0.5) is 0 Å². The SMILES string of the molecule is CCc1ccc(S(=O)(=O)NC(C)(CC)C(N)=NO)s1. The predicted molar refractivity (Wildman–Crippen MR) is 76.1 cm³/mol. The van der Waals surface area contributed by atoms with Crippen molar-refractivity contribution in [1.82, 2.24) is 4.72 Å². The molecule has 0 bridgehead atoms. The van der Waals surface area contributed by atoms with Gasteiger partial charge in [-0.25, -0.2) is 8.42 Å². The van der Waals surface area contributed by atoms with Crippen molar-refractivity contribution >= 4 is 27.2 Å². The fourth-order valence-corrected chi connectivity index (χ4v) is 4.21. The van der Waals surface area contributed by atoms with Crippen molar-refractivity contribution in [1.29, 1.82) is 0 Å². The maximum atomic E-state index is 12.3. The van der Waals surface area contributed by atoms with Crippen molar-refractivity contribution < 1.29 is 13.6 Å². The minimum Gasteiger partial charge on any atom is -0.409 e. The van der Waals surface area contributed by atoms with Crippen LogP contribution in [0.2, 0.25) is 0 Å². The average Bonchev–Trinajstić information content (AvgIpc) is 2.86. The summed E-state index contributed by atoms with van der Waals surface area (Å²) in [6, 6.07) is 3.35. The van der Waals surface area contributed by atoms with Crippen molar-refractivity contribution in [2.75, 3.05) is 0 Å². The molecule has 8 heteroatoms. The Hall–Kier alpha value is -1.12. The third kappa shape index (κ3) is 3.46. The van der Waals surface area contributed by atoms with E-state index in [1.165, 1.54) is 11.3 Å². The molecule has 0 aromatic carbocycles. The molecule has 0 amide bonds. The number of oxime groups is 1. The van der Waals surface area contributed by atoms with E-state index in [4.69, 9.17) is 10.9 Å². The molecule has 0 aliphatic heterocycles. The first-order valence-corrected chi connectivity index (χ1v) is 8.19. The molecule has 6 nitrogen and oxygen atoms in total. The summed E-state index contributed by atoms with van der Waals surface area (Å²) in [7, 11) is -3.68.